The molecular formula is C17H24O. The lowest BCUT2D eigenvalue weighted by Gasteiger charge is -2.14. The van der Waals surface area contributed by atoms with Crippen molar-refractivity contribution in [2.75, 3.05) is 0 Å². The quantitative estimate of drug-likeness (QED) is 0.549. The van der Waals surface area contributed by atoms with Crippen LogP contribution in [0.3, 0.4) is 0 Å². The molecule has 1 aliphatic carbocycles. The van der Waals surface area contributed by atoms with E-state index in [2.05, 4.69) is 19.9 Å². The normalized spacial score (nSPS) is 17.4. The smallest absolute Gasteiger partial charge is 0.163 e. The first-order valence-corrected chi connectivity index (χ1v) is 7.28. The average Bonchev–Trinajstić information content (AvgIpc) is 2.61. The minimum absolute atomic E-state index is 0.350. The first-order chi connectivity index (χ1) is 8.68. The van der Waals surface area contributed by atoms with E-state index in [0.29, 0.717) is 11.7 Å². The summed E-state index contributed by atoms with van der Waals surface area (Å²) in [6, 6.07) is 6.07. The van der Waals surface area contributed by atoms with E-state index >= 15 is 0 Å². The molecule has 0 heterocycles. The van der Waals surface area contributed by atoms with Gasteiger partial charge in [-0.05, 0) is 30.9 Å². The van der Waals surface area contributed by atoms with Crippen LogP contribution in [0.5, 0.6) is 0 Å². The second kappa shape index (κ2) is 6.17. The second-order valence-corrected chi connectivity index (χ2v) is 5.73. The number of rotatable bonds is 3. The molecular weight excluding hydrogens is 220 g/mol. The summed E-state index contributed by atoms with van der Waals surface area (Å²) in [6.45, 7) is 4.15. The Hall–Kier alpha value is -1.11. The number of hydrogen-bond acceptors (Lipinski definition) is 1. The van der Waals surface area contributed by atoms with E-state index in [4.69, 9.17) is 0 Å². The molecule has 0 spiro atoms. The van der Waals surface area contributed by atoms with E-state index in [-0.39, 0.29) is 0 Å². The van der Waals surface area contributed by atoms with E-state index in [9.17, 15) is 4.79 Å². The van der Waals surface area contributed by atoms with Crippen LogP contribution in [0.15, 0.2) is 18.2 Å². The molecule has 1 nitrogen and oxygen atoms in total. The lowest BCUT2D eigenvalue weighted by Crippen LogP contribution is -2.10. The number of aryl methyl sites for hydroxylation is 1. The van der Waals surface area contributed by atoms with E-state index in [1.54, 1.807) is 0 Å². The van der Waals surface area contributed by atoms with Crippen molar-refractivity contribution in [3.63, 3.8) is 0 Å². The molecule has 0 unspecified atom stereocenters. The van der Waals surface area contributed by atoms with E-state index in [1.165, 1.54) is 44.1 Å². The fourth-order valence-electron chi connectivity index (χ4n) is 2.99. The van der Waals surface area contributed by atoms with Gasteiger partial charge >= 0.3 is 0 Å². The summed E-state index contributed by atoms with van der Waals surface area (Å²) < 4.78 is 0. The number of benzene rings is 1. The van der Waals surface area contributed by atoms with Crippen LogP contribution in [-0.4, -0.2) is 5.78 Å². The molecule has 1 aromatic rings. The monoisotopic (exact) mass is 244 g/mol. The molecule has 0 saturated heterocycles. The first kappa shape index (κ1) is 13.3. The number of hydrogen-bond donors (Lipinski definition) is 0. The minimum atomic E-state index is 0.350. The Balaban J connectivity index is 2.04. The summed E-state index contributed by atoms with van der Waals surface area (Å²) in [7, 11) is 0. The Morgan fingerprint density at radius 2 is 1.78 bits per heavy atom. The van der Waals surface area contributed by atoms with Crippen LogP contribution in [-0.2, 0) is 0 Å². The molecule has 98 valence electrons. The Kier molecular flexibility index (Phi) is 4.57. The van der Waals surface area contributed by atoms with Gasteiger partial charge in [0.1, 0.15) is 0 Å². The summed E-state index contributed by atoms with van der Waals surface area (Å²) >= 11 is 0. The second-order valence-electron chi connectivity index (χ2n) is 5.73. The molecule has 0 aliphatic heterocycles. The molecule has 1 saturated carbocycles. The highest BCUT2D eigenvalue weighted by Crippen LogP contribution is 2.27. The highest BCUT2D eigenvalue weighted by molar-refractivity contribution is 5.97. The summed E-state index contributed by atoms with van der Waals surface area (Å²) in [5.41, 5.74) is 3.33. The molecule has 18 heavy (non-hydrogen) atoms. The van der Waals surface area contributed by atoms with Crippen molar-refractivity contribution in [1.82, 2.24) is 0 Å². The molecule has 0 atom stereocenters. The summed E-state index contributed by atoms with van der Waals surface area (Å²) in [5, 5.41) is 0. The number of carbonyl (C=O) groups is 1. The van der Waals surface area contributed by atoms with Crippen molar-refractivity contribution in [2.24, 2.45) is 5.92 Å². The Morgan fingerprint density at radius 1 is 1.11 bits per heavy atom. The third-order valence-electron chi connectivity index (χ3n) is 4.35. The SMILES string of the molecule is Cc1cccc(C(=O)CC2CCCCCC2)c1C. The zero-order valence-electron chi connectivity index (χ0n) is 11.7. The van der Waals surface area contributed by atoms with Crippen molar-refractivity contribution in [1.29, 1.82) is 0 Å². The molecule has 1 fully saturated rings. The van der Waals surface area contributed by atoms with Crippen molar-refractivity contribution in [3.05, 3.63) is 34.9 Å². The van der Waals surface area contributed by atoms with Crippen molar-refractivity contribution in [2.45, 2.75) is 58.8 Å². The van der Waals surface area contributed by atoms with Crippen LogP contribution in [0.25, 0.3) is 0 Å². The van der Waals surface area contributed by atoms with E-state index in [1.807, 2.05) is 12.1 Å². The topological polar surface area (TPSA) is 17.1 Å². The van der Waals surface area contributed by atoms with Crippen LogP contribution >= 0.6 is 0 Å². The molecule has 0 aromatic heterocycles. The molecule has 0 N–H and O–H groups in total. The molecule has 2 rings (SSSR count). The van der Waals surface area contributed by atoms with Crippen LogP contribution in [0.2, 0.25) is 0 Å². The summed E-state index contributed by atoms with van der Waals surface area (Å²) in [4.78, 5) is 12.4. The zero-order chi connectivity index (χ0) is 13.0. The Labute approximate surface area is 111 Å². The van der Waals surface area contributed by atoms with Gasteiger partial charge in [-0.15, -0.1) is 0 Å². The number of Topliss-reactive ketones (excluding diaryl/α,β-unsaturated/α-hetero) is 1. The summed E-state index contributed by atoms with van der Waals surface area (Å²) in [5.74, 6) is 0.975. The van der Waals surface area contributed by atoms with Crippen molar-refractivity contribution < 1.29 is 4.79 Å². The highest BCUT2D eigenvalue weighted by Gasteiger charge is 2.18. The van der Waals surface area contributed by atoms with Crippen LogP contribution in [0.4, 0.5) is 0 Å². The zero-order valence-corrected chi connectivity index (χ0v) is 11.7. The third kappa shape index (κ3) is 3.22. The van der Waals surface area contributed by atoms with Gasteiger partial charge in [-0.25, -0.2) is 0 Å². The maximum absolute atomic E-state index is 12.4. The average molecular weight is 244 g/mol. The fourth-order valence-corrected chi connectivity index (χ4v) is 2.99. The van der Waals surface area contributed by atoms with Crippen LogP contribution in [0, 0.1) is 19.8 Å². The predicted molar refractivity (Wildman–Crippen MR) is 76.1 cm³/mol. The standard InChI is InChI=1S/C17H24O/c1-13-8-7-11-16(14(13)2)17(18)12-15-9-5-3-4-6-10-15/h7-8,11,15H,3-6,9-10,12H2,1-2H3. The predicted octanol–water partition coefficient (Wildman–Crippen LogP) is 4.85. The minimum Gasteiger partial charge on any atom is -0.294 e. The van der Waals surface area contributed by atoms with Gasteiger partial charge in [0.15, 0.2) is 5.78 Å². The number of carbonyl (C=O) groups excluding carboxylic acids is 1. The van der Waals surface area contributed by atoms with Gasteiger partial charge in [-0.2, -0.15) is 0 Å². The third-order valence-corrected chi connectivity index (χ3v) is 4.35. The molecule has 0 bridgehead atoms. The van der Waals surface area contributed by atoms with Gasteiger partial charge in [0.25, 0.3) is 0 Å². The Morgan fingerprint density at radius 3 is 2.44 bits per heavy atom. The lowest BCUT2D eigenvalue weighted by atomic mass is 9.90. The maximum Gasteiger partial charge on any atom is 0.163 e. The highest BCUT2D eigenvalue weighted by atomic mass is 16.1. The lowest BCUT2D eigenvalue weighted by molar-refractivity contribution is 0.0956. The Bertz CT molecular complexity index is 412. The van der Waals surface area contributed by atoms with Gasteiger partial charge < -0.3 is 0 Å². The van der Waals surface area contributed by atoms with E-state index in [0.717, 1.165) is 17.5 Å². The summed E-state index contributed by atoms with van der Waals surface area (Å²) in [6.07, 6.45) is 8.58. The molecule has 1 aliphatic rings. The van der Waals surface area contributed by atoms with Crippen LogP contribution in [0.1, 0.15) is 66.4 Å². The molecule has 0 radical (unpaired) electrons. The van der Waals surface area contributed by atoms with Gasteiger partial charge in [0.05, 0.1) is 0 Å². The van der Waals surface area contributed by atoms with Gasteiger partial charge in [-0.1, -0.05) is 56.7 Å². The molecule has 1 aromatic carbocycles. The van der Waals surface area contributed by atoms with Crippen molar-refractivity contribution >= 4 is 5.78 Å². The van der Waals surface area contributed by atoms with Crippen LogP contribution < -0.4 is 0 Å². The van der Waals surface area contributed by atoms with Gasteiger partial charge in [-0.3, -0.25) is 4.79 Å². The maximum atomic E-state index is 12.4. The van der Waals surface area contributed by atoms with Gasteiger partial charge in [0, 0.05) is 12.0 Å². The van der Waals surface area contributed by atoms with Crippen molar-refractivity contribution in [3.8, 4) is 0 Å². The first-order valence-electron chi connectivity index (χ1n) is 7.28. The number of ketones is 1. The molecule has 0 amide bonds. The largest absolute Gasteiger partial charge is 0.294 e. The fraction of sp³-hybridized carbons (Fsp3) is 0.588. The molecule has 1 heteroatoms. The van der Waals surface area contributed by atoms with Gasteiger partial charge in [0.2, 0.25) is 0 Å². The van der Waals surface area contributed by atoms with E-state index < -0.39 is 0 Å².